The summed E-state index contributed by atoms with van der Waals surface area (Å²) in [6.45, 7) is 1.18. The standard InChI is InChI=1S/C23H24ClN3O5/c1-29-18-12-16(13-19(30-2)20(18)31-3)23(28)27-10-8-14(9-11-27)21-25-22(32-26-21)15-4-6-17(24)7-5-15/h4-7,12-14H,8-11H2,1-3H3. The van der Waals surface area contributed by atoms with Gasteiger partial charge in [0, 0.05) is 35.2 Å². The van der Waals surface area contributed by atoms with Crippen molar-refractivity contribution in [1.82, 2.24) is 15.0 Å². The third-order valence-corrected chi connectivity index (χ3v) is 5.84. The minimum absolute atomic E-state index is 0.0855. The Morgan fingerprint density at radius 1 is 1.03 bits per heavy atom. The van der Waals surface area contributed by atoms with E-state index < -0.39 is 0 Å². The van der Waals surface area contributed by atoms with Crippen LogP contribution in [-0.2, 0) is 0 Å². The smallest absolute Gasteiger partial charge is 0.257 e. The number of hydrogen-bond acceptors (Lipinski definition) is 7. The minimum Gasteiger partial charge on any atom is -0.493 e. The summed E-state index contributed by atoms with van der Waals surface area (Å²) in [6.07, 6.45) is 1.49. The maximum absolute atomic E-state index is 13.1. The van der Waals surface area contributed by atoms with Crippen LogP contribution in [0.15, 0.2) is 40.9 Å². The molecule has 1 saturated heterocycles. The molecule has 1 aromatic heterocycles. The van der Waals surface area contributed by atoms with E-state index in [1.54, 1.807) is 24.3 Å². The van der Waals surface area contributed by atoms with E-state index in [2.05, 4.69) is 10.1 Å². The highest BCUT2D eigenvalue weighted by molar-refractivity contribution is 6.30. The van der Waals surface area contributed by atoms with Crippen LogP contribution in [0.5, 0.6) is 17.2 Å². The van der Waals surface area contributed by atoms with Crippen molar-refractivity contribution in [2.75, 3.05) is 34.4 Å². The molecule has 0 saturated carbocycles. The number of methoxy groups -OCH3 is 3. The Labute approximate surface area is 191 Å². The summed E-state index contributed by atoms with van der Waals surface area (Å²) in [6, 6.07) is 10.6. The molecule has 2 heterocycles. The van der Waals surface area contributed by atoms with Crippen LogP contribution in [-0.4, -0.2) is 55.4 Å². The summed E-state index contributed by atoms with van der Waals surface area (Å²) in [5.74, 6) is 2.53. The Hall–Kier alpha value is -3.26. The van der Waals surface area contributed by atoms with Gasteiger partial charge in [0.25, 0.3) is 11.8 Å². The summed E-state index contributed by atoms with van der Waals surface area (Å²) < 4.78 is 21.5. The molecule has 0 atom stereocenters. The number of carbonyl (C=O) groups is 1. The van der Waals surface area contributed by atoms with Crippen LogP contribution in [0.1, 0.15) is 34.9 Å². The van der Waals surface area contributed by atoms with E-state index in [-0.39, 0.29) is 11.8 Å². The second-order valence-corrected chi connectivity index (χ2v) is 7.88. The highest BCUT2D eigenvalue weighted by Crippen LogP contribution is 2.39. The zero-order chi connectivity index (χ0) is 22.7. The van der Waals surface area contributed by atoms with Crippen molar-refractivity contribution >= 4 is 17.5 Å². The Morgan fingerprint density at radius 2 is 1.66 bits per heavy atom. The van der Waals surface area contributed by atoms with Crippen LogP contribution in [0.4, 0.5) is 0 Å². The van der Waals surface area contributed by atoms with Crippen LogP contribution < -0.4 is 14.2 Å². The Kier molecular flexibility index (Phi) is 6.50. The first kappa shape index (κ1) is 22.0. The van der Waals surface area contributed by atoms with Crippen molar-refractivity contribution in [1.29, 1.82) is 0 Å². The van der Waals surface area contributed by atoms with Gasteiger partial charge in [-0.15, -0.1) is 0 Å². The minimum atomic E-state index is -0.0855. The van der Waals surface area contributed by atoms with Gasteiger partial charge in [-0.3, -0.25) is 4.79 Å². The predicted octanol–water partition coefficient (Wildman–Crippen LogP) is 4.44. The van der Waals surface area contributed by atoms with Crippen LogP contribution >= 0.6 is 11.6 Å². The number of hydrogen-bond donors (Lipinski definition) is 0. The molecule has 9 heteroatoms. The third kappa shape index (κ3) is 4.36. The van der Waals surface area contributed by atoms with Crippen LogP contribution in [0.2, 0.25) is 5.02 Å². The lowest BCUT2D eigenvalue weighted by molar-refractivity contribution is 0.0709. The zero-order valence-corrected chi connectivity index (χ0v) is 18.9. The summed E-state index contributed by atoms with van der Waals surface area (Å²) >= 11 is 5.94. The van der Waals surface area contributed by atoms with Crippen molar-refractivity contribution in [2.45, 2.75) is 18.8 Å². The van der Waals surface area contributed by atoms with Gasteiger partial charge >= 0.3 is 0 Å². The van der Waals surface area contributed by atoms with Crippen LogP contribution in [0, 0.1) is 0 Å². The molecular formula is C23H24ClN3O5. The fourth-order valence-electron chi connectivity index (χ4n) is 3.84. The molecule has 0 spiro atoms. The number of amides is 1. The number of aromatic nitrogens is 2. The molecule has 0 radical (unpaired) electrons. The molecule has 4 rings (SSSR count). The number of likely N-dealkylation sites (tertiary alicyclic amines) is 1. The predicted molar refractivity (Wildman–Crippen MR) is 119 cm³/mol. The summed E-state index contributed by atoms with van der Waals surface area (Å²) in [7, 11) is 4.59. The first-order valence-electron chi connectivity index (χ1n) is 10.2. The van der Waals surface area contributed by atoms with Gasteiger partial charge < -0.3 is 23.6 Å². The van der Waals surface area contributed by atoms with E-state index in [4.69, 9.17) is 30.3 Å². The molecule has 168 valence electrons. The van der Waals surface area contributed by atoms with Gasteiger partial charge in [0.2, 0.25) is 5.75 Å². The molecule has 0 N–H and O–H groups in total. The maximum Gasteiger partial charge on any atom is 0.257 e. The molecule has 0 aliphatic carbocycles. The number of halogens is 1. The van der Waals surface area contributed by atoms with E-state index in [9.17, 15) is 4.79 Å². The van der Waals surface area contributed by atoms with E-state index in [1.807, 2.05) is 17.0 Å². The zero-order valence-electron chi connectivity index (χ0n) is 18.1. The second kappa shape index (κ2) is 9.48. The van der Waals surface area contributed by atoms with E-state index >= 15 is 0 Å². The first-order valence-corrected chi connectivity index (χ1v) is 10.6. The average molecular weight is 458 g/mol. The molecule has 2 aromatic carbocycles. The van der Waals surface area contributed by atoms with E-state index in [0.29, 0.717) is 52.6 Å². The van der Waals surface area contributed by atoms with Crippen molar-refractivity contribution in [2.24, 2.45) is 0 Å². The van der Waals surface area contributed by atoms with Crippen molar-refractivity contribution in [3.05, 3.63) is 52.8 Å². The molecular weight excluding hydrogens is 434 g/mol. The maximum atomic E-state index is 13.1. The Bertz CT molecular complexity index is 1070. The molecule has 0 bridgehead atoms. The SMILES string of the molecule is COc1cc(C(=O)N2CCC(c3noc(-c4ccc(Cl)cc4)n3)CC2)cc(OC)c1OC. The van der Waals surface area contributed by atoms with Crippen molar-refractivity contribution < 1.29 is 23.5 Å². The topological polar surface area (TPSA) is 86.9 Å². The number of nitrogens with zero attached hydrogens (tertiary/aromatic N) is 3. The van der Waals surface area contributed by atoms with Gasteiger partial charge in [-0.25, -0.2) is 0 Å². The number of rotatable bonds is 6. The van der Waals surface area contributed by atoms with E-state index in [0.717, 1.165) is 18.4 Å². The largest absolute Gasteiger partial charge is 0.493 e. The van der Waals surface area contributed by atoms with Crippen molar-refractivity contribution in [3.63, 3.8) is 0 Å². The van der Waals surface area contributed by atoms with Crippen LogP contribution in [0.3, 0.4) is 0 Å². The van der Waals surface area contributed by atoms with Gasteiger partial charge in [0.15, 0.2) is 17.3 Å². The molecule has 1 aliphatic heterocycles. The number of carbonyl (C=O) groups excluding carboxylic acids is 1. The molecule has 0 unspecified atom stereocenters. The molecule has 32 heavy (non-hydrogen) atoms. The van der Waals surface area contributed by atoms with Gasteiger partial charge in [-0.2, -0.15) is 4.98 Å². The third-order valence-electron chi connectivity index (χ3n) is 5.59. The lowest BCUT2D eigenvalue weighted by atomic mass is 9.95. The fraction of sp³-hybridized carbons (Fsp3) is 0.348. The highest BCUT2D eigenvalue weighted by Gasteiger charge is 2.29. The van der Waals surface area contributed by atoms with Crippen LogP contribution in [0.25, 0.3) is 11.5 Å². The lowest BCUT2D eigenvalue weighted by Gasteiger charge is -2.31. The number of benzene rings is 2. The quantitative estimate of drug-likeness (QED) is 0.540. The fourth-order valence-corrected chi connectivity index (χ4v) is 3.96. The summed E-state index contributed by atoms with van der Waals surface area (Å²) in [5, 5.41) is 4.81. The monoisotopic (exact) mass is 457 g/mol. The first-order chi connectivity index (χ1) is 15.5. The number of ether oxygens (including phenoxy) is 3. The molecule has 8 nitrogen and oxygen atoms in total. The molecule has 1 fully saturated rings. The molecule has 1 amide bonds. The van der Waals surface area contributed by atoms with Gasteiger partial charge in [0.1, 0.15) is 0 Å². The Balaban J connectivity index is 1.44. The lowest BCUT2D eigenvalue weighted by Crippen LogP contribution is -2.38. The molecule has 1 aliphatic rings. The summed E-state index contributed by atoms with van der Waals surface area (Å²) in [5.41, 5.74) is 1.31. The normalized spacial score (nSPS) is 14.3. The van der Waals surface area contributed by atoms with Gasteiger partial charge in [-0.05, 0) is 49.2 Å². The Morgan fingerprint density at radius 3 is 2.22 bits per heavy atom. The van der Waals surface area contributed by atoms with E-state index in [1.165, 1.54) is 21.3 Å². The summed E-state index contributed by atoms with van der Waals surface area (Å²) in [4.78, 5) is 19.5. The van der Waals surface area contributed by atoms with Gasteiger partial charge in [0.05, 0.1) is 21.3 Å². The van der Waals surface area contributed by atoms with Gasteiger partial charge in [-0.1, -0.05) is 16.8 Å². The molecule has 3 aromatic rings. The highest BCUT2D eigenvalue weighted by atomic mass is 35.5. The average Bonchev–Trinajstić information content (AvgIpc) is 3.33. The second-order valence-electron chi connectivity index (χ2n) is 7.45. The van der Waals surface area contributed by atoms with Crippen molar-refractivity contribution in [3.8, 4) is 28.7 Å². The number of piperidine rings is 1.